The van der Waals surface area contributed by atoms with Crippen LogP contribution in [0.5, 0.6) is 0 Å². The third kappa shape index (κ3) is 19.0. The van der Waals surface area contributed by atoms with Gasteiger partial charge in [0.25, 0.3) is 0 Å². The first-order chi connectivity index (χ1) is 39.7. The number of carbonyl (C=O) groups excluding carboxylic acids is 5. The standard InChI is InChI=1S/C35H57B2NO10.C30H49B2NO8/c1-29(2,3)42-26(39)25(38(27(40)43-30(4,5)6)28(41)44-31(7,8)9)20-22-18-19-23(36-45-32(10,11)33(12,13)46-36)21-24(22)37-47-34(14,15)35(16,17)48-37;1-25(2,3)36-23(34)22(33-24(35)37-26(4,5)6)17-19-15-16-20(31-38-27(7,8)28(9,10)39-31)18-21(19)32-40-29(11,12)30(13,14)41-32/h18-19,21,25H,20H2,1-17H3;15-16,18,22H,17H2,1-14H3,(H,33,35)/t25-;22-/m11/s1. The van der Waals surface area contributed by atoms with Crippen molar-refractivity contribution < 1.29 is 84.9 Å². The molecule has 89 heavy (non-hydrogen) atoms. The molecule has 496 valence electrons. The first kappa shape index (κ1) is 75.1. The molecule has 0 aromatic heterocycles. The summed E-state index contributed by atoms with van der Waals surface area (Å²) in [5, 5.41) is 2.72. The van der Waals surface area contributed by atoms with Gasteiger partial charge in [0.05, 0.1) is 44.8 Å². The Morgan fingerprint density at radius 2 is 0.663 bits per heavy atom. The lowest BCUT2D eigenvalue weighted by Crippen LogP contribution is -2.55. The van der Waals surface area contributed by atoms with Crippen LogP contribution in [0.1, 0.15) is 226 Å². The molecule has 1 N–H and O–H groups in total. The Labute approximate surface area is 533 Å². The van der Waals surface area contributed by atoms with Crippen LogP contribution >= 0.6 is 0 Å². The Hall–Kier alpha value is -4.67. The molecular weight excluding hydrogens is 1140 g/mol. The number of carbonyl (C=O) groups is 5. The molecule has 0 spiro atoms. The van der Waals surface area contributed by atoms with Gasteiger partial charge >= 0.3 is 58.7 Å². The van der Waals surface area contributed by atoms with E-state index in [0.717, 1.165) is 16.5 Å². The van der Waals surface area contributed by atoms with E-state index in [0.29, 0.717) is 21.4 Å². The molecular formula is C65H106B4N2O18. The van der Waals surface area contributed by atoms with E-state index in [9.17, 15) is 24.0 Å². The Morgan fingerprint density at radius 3 is 0.955 bits per heavy atom. The topological polar surface area (TPSA) is 221 Å². The number of rotatable bonds is 12. The predicted octanol–water partition coefficient (Wildman–Crippen LogP) is 9.77. The molecule has 4 saturated heterocycles. The third-order valence-corrected chi connectivity index (χ3v) is 16.8. The smallest absolute Gasteiger partial charge is 0.458 e. The van der Waals surface area contributed by atoms with Crippen LogP contribution < -0.4 is 27.2 Å². The van der Waals surface area contributed by atoms with Gasteiger partial charge in [0.2, 0.25) is 0 Å². The second kappa shape index (κ2) is 25.3. The number of nitrogens with zero attached hydrogens (tertiary/aromatic N) is 1. The van der Waals surface area contributed by atoms with E-state index in [1.807, 2.05) is 141 Å². The van der Waals surface area contributed by atoms with Gasteiger partial charge in [-0.15, -0.1) is 0 Å². The molecule has 0 aliphatic carbocycles. The van der Waals surface area contributed by atoms with Crippen molar-refractivity contribution >= 4 is 80.5 Å². The largest absolute Gasteiger partial charge is 0.495 e. The normalized spacial score (nSPS) is 21.2. The summed E-state index contributed by atoms with van der Waals surface area (Å²) in [5.41, 5.74) is -4.97. The van der Waals surface area contributed by atoms with Gasteiger partial charge in [-0.3, -0.25) is 0 Å². The molecule has 2 aromatic carbocycles. The number of hydrogen-bond acceptors (Lipinski definition) is 18. The zero-order valence-electron chi connectivity index (χ0n) is 59.6. The quantitative estimate of drug-likeness (QED) is 0.119. The van der Waals surface area contributed by atoms with E-state index in [1.54, 1.807) is 110 Å². The number of benzene rings is 2. The first-order valence-electron chi connectivity index (χ1n) is 31.1. The van der Waals surface area contributed by atoms with Crippen LogP contribution in [-0.4, -0.2) is 148 Å². The van der Waals surface area contributed by atoms with Crippen LogP contribution in [0.15, 0.2) is 36.4 Å². The van der Waals surface area contributed by atoms with E-state index < -0.39 is 144 Å². The molecule has 2 atom stereocenters. The summed E-state index contributed by atoms with van der Waals surface area (Å²) in [5.74, 6) is -1.38. The van der Waals surface area contributed by atoms with Crippen LogP contribution in [0, 0.1) is 0 Å². The van der Waals surface area contributed by atoms with Crippen molar-refractivity contribution in [2.75, 3.05) is 0 Å². The summed E-state index contributed by atoms with van der Waals surface area (Å²) in [4.78, 5) is 68.3. The summed E-state index contributed by atoms with van der Waals surface area (Å²) >= 11 is 0. The lowest BCUT2D eigenvalue weighted by atomic mass is 9.69. The number of amides is 3. The molecule has 0 bridgehead atoms. The highest BCUT2D eigenvalue weighted by molar-refractivity contribution is 6.67. The van der Waals surface area contributed by atoms with Gasteiger partial charge in [0.1, 0.15) is 40.1 Å². The second-order valence-corrected chi connectivity index (χ2v) is 32.8. The molecule has 4 heterocycles. The summed E-state index contributed by atoms with van der Waals surface area (Å²) in [6, 6.07) is 8.77. The fourth-order valence-corrected chi connectivity index (χ4v) is 9.27. The van der Waals surface area contributed by atoms with Crippen LogP contribution in [0.2, 0.25) is 0 Å². The third-order valence-electron chi connectivity index (χ3n) is 16.8. The summed E-state index contributed by atoms with van der Waals surface area (Å²) in [7, 11) is -2.87. The first-order valence-corrected chi connectivity index (χ1v) is 31.1. The second-order valence-electron chi connectivity index (χ2n) is 32.8. The van der Waals surface area contributed by atoms with E-state index in [4.69, 9.17) is 60.9 Å². The van der Waals surface area contributed by atoms with Gasteiger partial charge in [0.15, 0.2) is 0 Å². The van der Waals surface area contributed by atoms with Gasteiger partial charge in [-0.25, -0.2) is 24.0 Å². The molecule has 2 aromatic rings. The van der Waals surface area contributed by atoms with Gasteiger partial charge in [-0.2, -0.15) is 4.90 Å². The zero-order valence-corrected chi connectivity index (χ0v) is 59.6. The Bertz CT molecular complexity index is 2830. The fourth-order valence-electron chi connectivity index (χ4n) is 9.27. The summed E-state index contributed by atoms with van der Waals surface area (Å²) in [6.07, 6.45) is -2.83. The van der Waals surface area contributed by atoms with Crippen molar-refractivity contribution in [2.45, 2.75) is 312 Å². The van der Waals surface area contributed by atoms with Gasteiger partial charge in [-0.1, -0.05) is 36.4 Å². The highest BCUT2D eigenvalue weighted by Crippen LogP contribution is 2.41. The highest BCUT2D eigenvalue weighted by Gasteiger charge is 2.57. The minimum absolute atomic E-state index is 0.122. The Morgan fingerprint density at radius 1 is 0.393 bits per heavy atom. The molecule has 20 nitrogen and oxygen atoms in total. The van der Waals surface area contributed by atoms with E-state index in [1.165, 1.54) is 0 Å². The van der Waals surface area contributed by atoms with Gasteiger partial charge in [0, 0.05) is 12.8 Å². The minimum Gasteiger partial charge on any atom is -0.458 e. The number of hydrogen-bond donors (Lipinski definition) is 1. The van der Waals surface area contributed by atoms with E-state index in [-0.39, 0.29) is 12.8 Å². The van der Waals surface area contributed by atoms with Crippen molar-refractivity contribution in [1.82, 2.24) is 10.2 Å². The SMILES string of the molecule is CC(C)(C)OC(=O)N[C@H](Cc1ccc(B2OC(C)(C)C(C)(C)O2)cc1B1OC(C)(C)C(C)(C)O1)C(=O)OC(C)(C)C.CC(C)(C)OC(=O)[C@@H](Cc1ccc(B2OC(C)(C)C(C)(C)O2)cc1B1OC(C)(C)C(C)(C)O1)N(C(=O)OC(C)(C)C)C(=O)OC(C)(C)C. The van der Waals surface area contributed by atoms with Crippen molar-refractivity contribution in [1.29, 1.82) is 0 Å². The summed E-state index contributed by atoms with van der Waals surface area (Å²) in [6.45, 7) is 57.4. The van der Waals surface area contributed by atoms with Gasteiger partial charge in [-0.05, 0) is 248 Å². The molecule has 24 heteroatoms. The Balaban J connectivity index is 0.000000328. The highest BCUT2D eigenvalue weighted by atomic mass is 16.7. The average Bonchev–Trinajstić information content (AvgIpc) is 1.72. The minimum atomic E-state index is -1.47. The average molecular weight is 1250 g/mol. The lowest BCUT2D eigenvalue weighted by molar-refractivity contribution is -0.161. The molecule has 4 aliphatic rings. The van der Waals surface area contributed by atoms with Crippen molar-refractivity contribution in [3.8, 4) is 0 Å². The zero-order chi connectivity index (χ0) is 68.4. The molecule has 0 radical (unpaired) electrons. The molecule has 0 unspecified atom stereocenters. The molecule has 6 rings (SSSR count). The lowest BCUT2D eigenvalue weighted by Gasteiger charge is -2.34. The van der Waals surface area contributed by atoms with Crippen molar-refractivity contribution in [3.05, 3.63) is 47.5 Å². The van der Waals surface area contributed by atoms with E-state index in [2.05, 4.69) is 5.32 Å². The fraction of sp³-hybridized carbons (Fsp3) is 0.738. The predicted molar refractivity (Wildman–Crippen MR) is 346 cm³/mol. The maximum absolute atomic E-state index is 14.0. The van der Waals surface area contributed by atoms with Crippen molar-refractivity contribution in [2.24, 2.45) is 0 Å². The van der Waals surface area contributed by atoms with Crippen LogP contribution in [0.3, 0.4) is 0 Å². The molecule has 4 fully saturated rings. The van der Waals surface area contributed by atoms with Crippen LogP contribution in [0.4, 0.5) is 14.4 Å². The van der Waals surface area contributed by atoms with Crippen LogP contribution in [0.25, 0.3) is 0 Å². The van der Waals surface area contributed by atoms with Gasteiger partial charge < -0.3 is 66.2 Å². The molecule has 4 aliphatic heterocycles. The number of imide groups is 1. The van der Waals surface area contributed by atoms with E-state index >= 15 is 0 Å². The number of nitrogens with one attached hydrogen (secondary N) is 1. The maximum Gasteiger partial charge on any atom is 0.495 e. The molecule has 3 amide bonds. The number of esters is 2. The number of alkyl carbamates (subject to hydrolysis) is 1. The summed E-state index contributed by atoms with van der Waals surface area (Å²) < 4.78 is 79.4. The Kier molecular flexibility index (Phi) is 21.4. The number of ether oxygens (including phenoxy) is 5. The van der Waals surface area contributed by atoms with Crippen LogP contribution in [-0.2, 0) is 83.3 Å². The monoisotopic (exact) mass is 1250 g/mol. The van der Waals surface area contributed by atoms with Crippen molar-refractivity contribution in [3.63, 3.8) is 0 Å². The molecule has 0 saturated carbocycles. The maximum atomic E-state index is 14.0.